The Bertz CT molecular complexity index is 172. The number of rotatable bonds is 5. The van der Waals surface area contributed by atoms with E-state index < -0.39 is 16.3 Å². The number of carbonyl (C=O) groups is 1. The summed E-state index contributed by atoms with van der Waals surface area (Å²) in [6.07, 6.45) is 0.901. The van der Waals surface area contributed by atoms with E-state index in [4.69, 9.17) is 33.7 Å². The van der Waals surface area contributed by atoms with Crippen LogP contribution in [0.5, 0.6) is 0 Å². The van der Waals surface area contributed by atoms with Crippen molar-refractivity contribution in [1.82, 2.24) is 0 Å². The molecule has 0 unspecified atom stereocenters. The van der Waals surface area contributed by atoms with Crippen molar-refractivity contribution in [1.29, 1.82) is 0 Å². The molecule has 0 aliphatic heterocycles. The molecule has 0 aliphatic rings. The largest absolute Gasteiger partial charge is 0.465 e. The number of hydrogen-bond donors (Lipinski definition) is 1. The fraction of sp³-hybridized carbons (Fsp3) is 0.875. The molecule has 5 heteroatoms. The summed E-state index contributed by atoms with van der Waals surface area (Å²) in [4.78, 5) is 10.8. The Hall–Kier alpha value is 0.01000. The van der Waals surface area contributed by atoms with Gasteiger partial charge in [0.05, 0.1) is 6.61 Å². The third-order valence-corrected chi connectivity index (χ3v) is 2.06. The molecule has 0 radical (unpaired) electrons. The van der Waals surface area contributed by atoms with Crippen molar-refractivity contribution in [2.75, 3.05) is 6.61 Å². The molecule has 0 aromatic carbocycles. The Kier molecular flexibility index (Phi) is 5.68. The lowest BCUT2D eigenvalue weighted by molar-refractivity contribution is -0.149. The van der Waals surface area contributed by atoms with Gasteiger partial charge >= 0.3 is 5.97 Å². The number of ether oxygens (including phenoxy) is 1. The van der Waals surface area contributed by atoms with Crippen molar-refractivity contribution in [3.05, 3.63) is 0 Å². The number of carbonyl (C=O) groups excluding carboxylic acids is 1. The first kappa shape index (κ1) is 13.0. The summed E-state index contributed by atoms with van der Waals surface area (Å²) >= 11 is 11.0. The second-order valence-corrected chi connectivity index (χ2v) is 4.34. The monoisotopic (exact) mass is 227 g/mol. The van der Waals surface area contributed by atoms with Crippen molar-refractivity contribution in [2.45, 2.75) is 37.1 Å². The lowest BCUT2D eigenvalue weighted by Gasteiger charge is -2.22. The van der Waals surface area contributed by atoms with Crippen LogP contribution in [-0.4, -0.2) is 23.0 Å². The van der Waals surface area contributed by atoms with Gasteiger partial charge in [0, 0.05) is 0 Å². The highest BCUT2D eigenvalue weighted by Gasteiger charge is 2.29. The van der Waals surface area contributed by atoms with E-state index in [1.165, 1.54) is 0 Å². The minimum atomic E-state index is -0.988. The zero-order valence-electron chi connectivity index (χ0n) is 7.85. The summed E-state index contributed by atoms with van der Waals surface area (Å²) in [5.74, 6) is -0.413. The van der Waals surface area contributed by atoms with Crippen LogP contribution in [0.25, 0.3) is 0 Å². The van der Waals surface area contributed by atoms with Crippen LogP contribution in [-0.2, 0) is 9.53 Å². The summed E-state index contributed by atoms with van der Waals surface area (Å²) in [5.41, 5.74) is 4.71. The lowest BCUT2D eigenvalue weighted by Crippen LogP contribution is -2.46. The SMILES string of the molecule is CCOC(=O)[C@@](C)(N)CCC(Cl)Cl. The molecule has 0 spiro atoms. The minimum absolute atomic E-state index is 0.330. The molecule has 0 aromatic rings. The highest BCUT2D eigenvalue weighted by atomic mass is 35.5. The van der Waals surface area contributed by atoms with Gasteiger partial charge in [0.25, 0.3) is 0 Å². The predicted molar refractivity (Wildman–Crippen MR) is 54.0 cm³/mol. The molecule has 3 nitrogen and oxygen atoms in total. The Balaban J connectivity index is 3.98. The van der Waals surface area contributed by atoms with Gasteiger partial charge in [0.1, 0.15) is 10.4 Å². The van der Waals surface area contributed by atoms with E-state index in [-0.39, 0.29) is 0 Å². The topological polar surface area (TPSA) is 52.3 Å². The van der Waals surface area contributed by atoms with Gasteiger partial charge in [0.15, 0.2) is 0 Å². The van der Waals surface area contributed by atoms with Crippen LogP contribution in [0.2, 0.25) is 0 Å². The van der Waals surface area contributed by atoms with Gasteiger partial charge in [-0.15, -0.1) is 23.2 Å². The molecule has 0 aliphatic carbocycles. The molecular weight excluding hydrogens is 213 g/mol. The van der Waals surface area contributed by atoms with Crippen molar-refractivity contribution in [2.24, 2.45) is 5.73 Å². The Morgan fingerprint density at radius 1 is 1.62 bits per heavy atom. The molecule has 2 N–H and O–H groups in total. The predicted octanol–water partition coefficient (Wildman–Crippen LogP) is 1.85. The van der Waals surface area contributed by atoms with Gasteiger partial charge in [-0.05, 0) is 26.7 Å². The molecule has 0 bridgehead atoms. The first-order valence-corrected chi connectivity index (χ1v) is 5.01. The number of nitrogens with two attached hydrogens (primary N) is 1. The summed E-state index contributed by atoms with van der Waals surface area (Å²) < 4.78 is 4.79. The summed E-state index contributed by atoms with van der Waals surface area (Å²) in [7, 11) is 0. The van der Waals surface area contributed by atoms with Crippen LogP contribution in [0.1, 0.15) is 26.7 Å². The average Bonchev–Trinajstić information content (AvgIpc) is 2.01. The zero-order chi connectivity index (χ0) is 10.5. The number of hydrogen-bond acceptors (Lipinski definition) is 3. The van der Waals surface area contributed by atoms with Crippen molar-refractivity contribution >= 4 is 29.2 Å². The van der Waals surface area contributed by atoms with Gasteiger partial charge in [-0.25, -0.2) is 0 Å². The molecule has 13 heavy (non-hydrogen) atoms. The molecule has 1 atom stereocenters. The second kappa shape index (κ2) is 5.68. The van der Waals surface area contributed by atoms with Crippen molar-refractivity contribution < 1.29 is 9.53 Å². The van der Waals surface area contributed by atoms with Crippen LogP contribution < -0.4 is 5.73 Å². The molecule has 0 amide bonds. The zero-order valence-corrected chi connectivity index (χ0v) is 9.36. The Morgan fingerprint density at radius 2 is 2.15 bits per heavy atom. The first-order valence-electron chi connectivity index (χ1n) is 4.14. The van der Waals surface area contributed by atoms with E-state index >= 15 is 0 Å². The molecule has 0 aromatic heterocycles. The smallest absolute Gasteiger partial charge is 0.325 e. The second-order valence-electron chi connectivity index (χ2n) is 3.07. The van der Waals surface area contributed by atoms with Gasteiger partial charge in [-0.3, -0.25) is 4.79 Å². The molecule has 0 rings (SSSR count). The van der Waals surface area contributed by atoms with E-state index in [0.29, 0.717) is 19.4 Å². The lowest BCUT2D eigenvalue weighted by atomic mass is 9.98. The van der Waals surface area contributed by atoms with Crippen LogP contribution in [0, 0.1) is 0 Å². The summed E-state index contributed by atoms with van der Waals surface area (Å²) in [6, 6.07) is 0. The van der Waals surface area contributed by atoms with E-state index in [0.717, 1.165) is 0 Å². The number of halogens is 2. The maximum atomic E-state index is 11.2. The van der Waals surface area contributed by atoms with Gasteiger partial charge in [0.2, 0.25) is 0 Å². The van der Waals surface area contributed by atoms with Gasteiger partial charge in [-0.1, -0.05) is 0 Å². The van der Waals surface area contributed by atoms with Crippen molar-refractivity contribution in [3.63, 3.8) is 0 Å². The van der Waals surface area contributed by atoms with Gasteiger partial charge in [-0.2, -0.15) is 0 Å². The Labute approximate surface area is 88.5 Å². The van der Waals surface area contributed by atoms with Crippen LogP contribution in [0.4, 0.5) is 0 Å². The average molecular weight is 228 g/mol. The Morgan fingerprint density at radius 3 is 2.54 bits per heavy atom. The molecule has 0 heterocycles. The quantitative estimate of drug-likeness (QED) is 0.577. The van der Waals surface area contributed by atoms with Gasteiger partial charge < -0.3 is 10.5 Å². The summed E-state index contributed by atoms with van der Waals surface area (Å²) in [6.45, 7) is 3.68. The maximum Gasteiger partial charge on any atom is 0.325 e. The molecule has 0 fully saturated rings. The minimum Gasteiger partial charge on any atom is -0.465 e. The van der Waals surface area contributed by atoms with E-state index in [9.17, 15) is 4.79 Å². The standard InChI is InChI=1S/C8H15Cl2NO2/c1-3-13-7(12)8(2,11)5-4-6(9)10/h6H,3-5,11H2,1-2H3/t8-/m0/s1. The fourth-order valence-electron chi connectivity index (χ4n) is 0.807. The summed E-state index contributed by atoms with van der Waals surface area (Å²) in [5, 5.41) is 0. The molecule has 0 saturated heterocycles. The molecule has 78 valence electrons. The number of esters is 1. The number of alkyl halides is 2. The van der Waals surface area contributed by atoms with Crippen LogP contribution in [0.3, 0.4) is 0 Å². The highest BCUT2D eigenvalue weighted by Crippen LogP contribution is 2.17. The highest BCUT2D eigenvalue weighted by molar-refractivity contribution is 6.44. The maximum absolute atomic E-state index is 11.2. The van der Waals surface area contributed by atoms with Crippen LogP contribution in [0.15, 0.2) is 0 Å². The van der Waals surface area contributed by atoms with Crippen LogP contribution >= 0.6 is 23.2 Å². The van der Waals surface area contributed by atoms with Crippen molar-refractivity contribution in [3.8, 4) is 0 Å². The van der Waals surface area contributed by atoms with E-state index in [2.05, 4.69) is 0 Å². The third-order valence-electron chi connectivity index (χ3n) is 1.62. The third kappa shape index (κ3) is 5.34. The van der Waals surface area contributed by atoms with E-state index in [1.54, 1.807) is 13.8 Å². The normalized spacial score (nSPS) is 15.5. The fourth-order valence-corrected chi connectivity index (χ4v) is 1.03. The first-order chi connectivity index (χ1) is 5.90. The molecule has 0 saturated carbocycles. The molecular formula is C8H15Cl2NO2. The van der Waals surface area contributed by atoms with E-state index in [1.807, 2.05) is 0 Å².